The van der Waals surface area contributed by atoms with E-state index in [2.05, 4.69) is 30.9 Å². The SMILES string of the molecule is CC(NC(=O)C(CCCN=C(N)N)NC(=O)C(N)Cc1c[nH]c2ccccc12)C(=O)NC(Cc1c[nH]c2ccccc12)C(=O)O. The van der Waals surface area contributed by atoms with E-state index in [1.54, 1.807) is 12.4 Å². The highest BCUT2D eigenvalue weighted by Gasteiger charge is 2.29. The van der Waals surface area contributed by atoms with Crippen LogP contribution in [-0.2, 0) is 32.0 Å². The number of hydrogen-bond donors (Lipinski definition) is 9. The van der Waals surface area contributed by atoms with Crippen LogP contribution in [0.2, 0.25) is 0 Å². The van der Waals surface area contributed by atoms with Gasteiger partial charge in [0.25, 0.3) is 0 Å². The van der Waals surface area contributed by atoms with E-state index in [-0.39, 0.29) is 31.8 Å². The number of carboxylic acid groups (broad SMARTS) is 1. The molecule has 2 heterocycles. The predicted octanol–water partition coefficient (Wildman–Crippen LogP) is 0.374. The molecule has 0 aliphatic rings. The fourth-order valence-electron chi connectivity index (χ4n) is 5.08. The highest BCUT2D eigenvalue weighted by Crippen LogP contribution is 2.20. The minimum absolute atomic E-state index is 0.0313. The van der Waals surface area contributed by atoms with E-state index in [0.717, 1.165) is 32.9 Å². The summed E-state index contributed by atoms with van der Waals surface area (Å²) in [4.78, 5) is 61.6. The van der Waals surface area contributed by atoms with Crippen molar-refractivity contribution in [1.82, 2.24) is 25.9 Å². The number of benzene rings is 2. The summed E-state index contributed by atoms with van der Waals surface area (Å²) in [5.41, 5.74) is 20.4. The number of amides is 3. The molecule has 12 N–H and O–H groups in total. The summed E-state index contributed by atoms with van der Waals surface area (Å²) >= 11 is 0. The number of fused-ring (bicyclic) bond motifs is 2. The zero-order valence-corrected chi connectivity index (χ0v) is 24.9. The topological polar surface area (TPSA) is 247 Å². The summed E-state index contributed by atoms with van der Waals surface area (Å²) in [6.07, 6.45) is 4.26. The van der Waals surface area contributed by atoms with E-state index in [0.29, 0.717) is 6.42 Å². The zero-order valence-electron chi connectivity index (χ0n) is 24.9. The first kappa shape index (κ1) is 32.5. The maximum Gasteiger partial charge on any atom is 0.326 e. The molecule has 0 saturated carbocycles. The molecule has 2 aromatic heterocycles. The third-order valence-electron chi connectivity index (χ3n) is 7.50. The molecule has 0 fully saturated rings. The van der Waals surface area contributed by atoms with Crippen LogP contribution >= 0.6 is 0 Å². The molecule has 0 radical (unpaired) electrons. The normalized spacial score (nSPS) is 13.8. The Balaban J connectivity index is 1.39. The Hall–Kier alpha value is -5.37. The van der Waals surface area contributed by atoms with Crippen molar-refractivity contribution in [2.75, 3.05) is 6.54 Å². The summed E-state index contributed by atoms with van der Waals surface area (Å²) in [5.74, 6) is -3.22. The van der Waals surface area contributed by atoms with Gasteiger partial charge in [0, 0.05) is 47.2 Å². The molecule has 14 heteroatoms. The number of nitrogens with zero attached hydrogens (tertiary/aromatic N) is 1. The number of guanidine groups is 1. The molecule has 0 aliphatic heterocycles. The van der Waals surface area contributed by atoms with Crippen molar-refractivity contribution in [3.05, 3.63) is 72.1 Å². The van der Waals surface area contributed by atoms with Crippen LogP contribution in [0.25, 0.3) is 21.8 Å². The Morgan fingerprint density at radius 3 is 1.93 bits per heavy atom. The Bertz CT molecular complexity index is 1690. The lowest BCUT2D eigenvalue weighted by Crippen LogP contribution is -2.56. The average Bonchev–Trinajstić information content (AvgIpc) is 3.61. The number of hydrogen-bond acceptors (Lipinski definition) is 6. The van der Waals surface area contributed by atoms with Crippen LogP contribution < -0.4 is 33.2 Å². The van der Waals surface area contributed by atoms with Crippen LogP contribution in [0, 0.1) is 0 Å². The van der Waals surface area contributed by atoms with Gasteiger partial charge in [-0.15, -0.1) is 0 Å². The molecule has 0 saturated heterocycles. The number of carbonyl (C=O) groups excluding carboxylic acids is 3. The molecule has 0 bridgehead atoms. The summed E-state index contributed by atoms with van der Waals surface area (Å²) in [7, 11) is 0. The van der Waals surface area contributed by atoms with Crippen molar-refractivity contribution in [1.29, 1.82) is 0 Å². The molecule has 45 heavy (non-hydrogen) atoms. The van der Waals surface area contributed by atoms with E-state index in [4.69, 9.17) is 17.2 Å². The Morgan fingerprint density at radius 2 is 1.36 bits per heavy atom. The van der Waals surface area contributed by atoms with Crippen molar-refractivity contribution < 1.29 is 24.3 Å². The lowest BCUT2D eigenvalue weighted by molar-refractivity contribution is -0.142. The van der Waals surface area contributed by atoms with Crippen LogP contribution in [0.3, 0.4) is 0 Å². The molecule has 238 valence electrons. The minimum atomic E-state index is -1.24. The van der Waals surface area contributed by atoms with Crippen LogP contribution in [0.5, 0.6) is 0 Å². The molecule has 14 nitrogen and oxygen atoms in total. The van der Waals surface area contributed by atoms with Gasteiger partial charge in [-0.3, -0.25) is 19.4 Å². The van der Waals surface area contributed by atoms with Gasteiger partial charge in [-0.1, -0.05) is 36.4 Å². The molecule has 3 amide bonds. The van der Waals surface area contributed by atoms with Crippen LogP contribution in [-0.4, -0.2) is 75.4 Å². The smallest absolute Gasteiger partial charge is 0.326 e. The number of para-hydroxylation sites is 2. The Labute approximate surface area is 259 Å². The van der Waals surface area contributed by atoms with Gasteiger partial charge in [0.2, 0.25) is 17.7 Å². The minimum Gasteiger partial charge on any atom is -0.480 e. The fourth-order valence-corrected chi connectivity index (χ4v) is 5.08. The second-order valence-electron chi connectivity index (χ2n) is 10.9. The third-order valence-corrected chi connectivity index (χ3v) is 7.50. The van der Waals surface area contributed by atoms with Gasteiger partial charge in [-0.25, -0.2) is 4.79 Å². The number of nitrogens with one attached hydrogen (secondary N) is 5. The molecule has 0 aliphatic carbocycles. The summed E-state index contributed by atoms with van der Waals surface area (Å²) in [6.45, 7) is 1.65. The number of aromatic nitrogens is 2. The van der Waals surface area contributed by atoms with Gasteiger partial charge in [0.05, 0.1) is 6.04 Å². The van der Waals surface area contributed by atoms with Crippen LogP contribution in [0.4, 0.5) is 0 Å². The first-order chi connectivity index (χ1) is 21.5. The number of carbonyl (C=O) groups is 4. The highest BCUT2D eigenvalue weighted by atomic mass is 16.4. The predicted molar refractivity (Wildman–Crippen MR) is 171 cm³/mol. The van der Waals surface area contributed by atoms with Gasteiger partial charge in [0.15, 0.2) is 5.96 Å². The zero-order chi connectivity index (χ0) is 32.5. The molecular weight excluding hydrogens is 578 g/mol. The molecule has 2 aromatic carbocycles. The van der Waals surface area contributed by atoms with E-state index >= 15 is 0 Å². The Morgan fingerprint density at radius 1 is 0.800 bits per heavy atom. The van der Waals surface area contributed by atoms with Crippen molar-refractivity contribution >= 4 is 51.5 Å². The summed E-state index contributed by atoms with van der Waals surface area (Å²) < 4.78 is 0. The van der Waals surface area contributed by atoms with Crippen LogP contribution in [0.15, 0.2) is 65.9 Å². The number of rotatable bonds is 15. The monoisotopic (exact) mass is 617 g/mol. The lowest BCUT2D eigenvalue weighted by atomic mass is 10.0. The number of aromatic amines is 2. The van der Waals surface area contributed by atoms with Gasteiger partial charge >= 0.3 is 5.97 Å². The van der Waals surface area contributed by atoms with Gasteiger partial charge in [0.1, 0.15) is 18.1 Å². The van der Waals surface area contributed by atoms with Crippen molar-refractivity contribution in [3.63, 3.8) is 0 Å². The second-order valence-corrected chi connectivity index (χ2v) is 10.9. The molecule has 4 aromatic rings. The Kier molecular flexibility index (Phi) is 10.8. The average molecular weight is 618 g/mol. The number of carboxylic acids is 1. The van der Waals surface area contributed by atoms with Gasteiger partial charge < -0.3 is 48.2 Å². The highest BCUT2D eigenvalue weighted by molar-refractivity contribution is 5.94. The van der Waals surface area contributed by atoms with E-state index < -0.39 is 47.9 Å². The molecule has 4 unspecified atom stereocenters. The molecule has 4 atom stereocenters. The van der Waals surface area contributed by atoms with Crippen molar-refractivity contribution in [2.45, 2.75) is 56.8 Å². The first-order valence-corrected chi connectivity index (χ1v) is 14.6. The van der Waals surface area contributed by atoms with E-state index in [1.165, 1.54) is 6.92 Å². The molecule has 4 rings (SSSR count). The van der Waals surface area contributed by atoms with Crippen LogP contribution in [0.1, 0.15) is 30.9 Å². The maximum absolute atomic E-state index is 13.3. The first-order valence-electron chi connectivity index (χ1n) is 14.6. The standard InChI is InChI=1S/C31H39N9O5/c1-17(27(41)40-26(30(44)45)14-19-16-37-24-10-5-3-8-21(19)24)38-29(43)25(11-6-12-35-31(33)34)39-28(42)22(32)13-18-15-36-23-9-4-2-7-20(18)23/h2-5,7-10,15-17,22,25-26,36-37H,6,11-14,32H2,1H3,(H,38,43)(H,39,42)(H,40,41)(H,44,45)(H4,33,34,35). The number of aliphatic carboxylic acids is 1. The fraction of sp³-hybridized carbons (Fsp3) is 0.323. The van der Waals surface area contributed by atoms with Gasteiger partial charge in [-0.2, -0.15) is 0 Å². The summed E-state index contributed by atoms with van der Waals surface area (Å²) in [6, 6.07) is 10.7. The number of nitrogens with two attached hydrogens (primary N) is 3. The van der Waals surface area contributed by atoms with Crippen molar-refractivity contribution in [2.24, 2.45) is 22.2 Å². The molecule has 0 spiro atoms. The second kappa shape index (κ2) is 14.9. The lowest BCUT2D eigenvalue weighted by Gasteiger charge is -2.23. The third kappa shape index (κ3) is 8.60. The quantitative estimate of drug-likeness (QED) is 0.0511. The van der Waals surface area contributed by atoms with E-state index in [9.17, 15) is 24.3 Å². The molecular formula is C31H39N9O5. The summed E-state index contributed by atoms with van der Waals surface area (Å²) in [5, 5.41) is 19.4. The van der Waals surface area contributed by atoms with E-state index in [1.807, 2.05) is 48.5 Å². The van der Waals surface area contributed by atoms with Gasteiger partial charge in [-0.05, 0) is 49.4 Å². The van der Waals surface area contributed by atoms with Crippen molar-refractivity contribution in [3.8, 4) is 0 Å². The number of H-pyrrole nitrogens is 2. The largest absolute Gasteiger partial charge is 0.480 e. The number of aliphatic imine (C=N–C) groups is 1. The maximum atomic E-state index is 13.3.